The lowest BCUT2D eigenvalue weighted by Gasteiger charge is -2.08. The van der Waals surface area contributed by atoms with E-state index in [9.17, 15) is 8.78 Å². The van der Waals surface area contributed by atoms with Crippen LogP contribution in [0.5, 0.6) is 5.75 Å². The average Bonchev–Trinajstić information content (AvgIpc) is 3.10. The quantitative estimate of drug-likeness (QED) is 0.461. The van der Waals surface area contributed by atoms with Crippen LogP contribution in [0.15, 0.2) is 48.9 Å². The highest BCUT2D eigenvalue weighted by atomic mass is 35.5. The smallest absolute Gasteiger partial charge is 0.257 e. The van der Waals surface area contributed by atoms with Gasteiger partial charge in [-0.25, -0.2) is 23.7 Å². The van der Waals surface area contributed by atoms with Crippen molar-refractivity contribution in [2.24, 2.45) is 0 Å². The Morgan fingerprint density at radius 1 is 1.14 bits per heavy atom. The maximum Gasteiger partial charge on any atom is 0.257 e. The predicted octanol–water partition coefficient (Wildman–Crippen LogP) is 4.48. The molecule has 0 radical (unpaired) electrons. The number of nitrogens with zero attached hydrogens (tertiary/aromatic N) is 5. The Balaban J connectivity index is 1.96. The zero-order chi connectivity index (χ0) is 19.7. The second kappa shape index (κ2) is 7.47. The molecule has 3 aromatic heterocycles. The molecule has 4 aromatic rings. The van der Waals surface area contributed by atoms with E-state index in [1.54, 1.807) is 6.07 Å². The summed E-state index contributed by atoms with van der Waals surface area (Å²) in [7, 11) is 1.48. The molecule has 0 spiro atoms. The minimum absolute atomic E-state index is 0.160. The van der Waals surface area contributed by atoms with Crippen molar-refractivity contribution >= 4 is 22.6 Å². The Morgan fingerprint density at radius 3 is 2.64 bits per heavy atom. The summed E-state index contributed by atoms with van der Waals surface area (Å²) in [5.74, 6) is 0.385. The van der Waals surface area contributed by atoms with Crippen molar-refractivity contribution in [3.63, 3.8) is 0 Å². The fourth-order valence-corrected chi connectivity index (χ4v) is 3.14. The largest absolute Gasteiger partial charge is 0.493 e. The third-order valence-electron chi connectivity index (χ3n) is 4.14. The molecule has 0 aliphatic rings. The first kappa shape index (κ1) is 18.2. The summed E-state index contributed by atoms with van der Waals surface area (Å²) >= 11 is 6.18. The molecule has 0 bridgehead atoms. The van der Waals surface area contributed by atoms with Crippen LogP contribution in [0.2, 0.25) is 5.15 Å². The summed E-state index contributed by atoms with van der Waals surface area (Å²) in [6.07, 6.45) is 0.387. The van der Waals surface area contributed by atoms with Gasteiger partial charge >= 0.3 is 0 Å². The number of hydrogen-bond donors (Lipinski definition) is 0. The number of aromatic nitrogens is 5. The molecule has 0 aliphatic carbocycles. The fraction of sp³-hybridized carbons (Fsp3) is 0.158. The van der Waals surface area contributed by atoms with Gasteiger partial charge in [-0.2, -0.15) is 5.10 Å². The minimum atomic E-state index is -2.53. The highest BCUT2D eigenvalue weighted by Crippen LogP contribution is 2.35. The number of methoxy groups -OCH3 is 1. The van der Waals surface area contributed by atoms with Crippen LogP contribution in [0.4, 0.5) is 8.78 Å². The lowest BCUT2D eigenvalue weighted by Crippen LogP contribution is -2.06. The molecule has 0 N–H and O–H groups in total. The topological polar surface area (TPSA) is 65.7 Å². The van der Waals surface area contributed by atoms with E-state index >= 15 is 0 Å². The number of alkyl halides is 2. The van der Waals surface area contributed by atoms with E-state index in [1.165, 1.54) is 24.3 Å². The van der Waals surface area contributed by atoms with E-state index in [0.717, 1.165) is 5.56 Å². The highest BCUT2D eigenvalue weighted by molar-refractivity contribution is 6.31. The Hall–Kier alpha value is -3.13. The van der Waals surface area contributed by atoms with Crippen LogP contribution in [-0.4, -0.2) is 38.3 Å². The molecule has 9 heteroatoms. The molecule has 3 heterocycles. The van der Waals surface area contributed by atoms with Gasteiger partial charge in [-0.05, 0) is 0 Å². The van der Waals surface area contributed by atoms with Crippen molar-refractivity contribution in [1.29, 1.82) is 0 Å². The SMILES string of the molecule is COc1cc2ncnc(-c3cn(CC(F)F)nc3-c3ccccc3)c2nc1Cl. The van der Waals surface area contributed by atoms with Crippen molar-refractivity contribution in [3.8, 4) is 28.3 Å². The van der Waals surface area contributed by atoms with Crippen molar-refractivity contribution in [2.45, 2.75) is 13.0 Å². The molecule has 0 unspecified atom stereocenters. The van der Waals surface area contributed by atoms with Gasteiger partial charge in [-0.1, -0.05) is 41.9 Å². The summed E-state index contributed by atoms with van der Waals surface area (Å²) in [5, 5.41) is 4.51. The molecule has 0 aliphatic heterocycles. The van der Waals surface area contributed by atoms with Gasteiger partial charge in [-0.15, -0.1) is 0 Å². The standard InChI is InChI=1S/C19H14ClF2N5O/c1-28-14-7-13-18(25-19(14)20)17(24-10-23-13)12-8-27(9-15(21)22)26-16(12)11-5-3-2-4-6-11/h2-8,10,15H,9H2,1H3. The normalized spacial score (nSPS) is 11.3. The van der Waals surface area contributed by atoms with Crippen LogP contribution in [0.1, 0.15) is 0 Å². The van der Waals surface area contributed by atoms with Crippen LogP contribution >= 0.6 is 11.6 Å². The molecule has 142 valence electrons. The van der Waals surface area contributed by atoms with Gasteiger partial charge in [-0.3, -0.25) is 4.68 Å². The number of ether oxygens (including phenoxy) is 1. The Labute approximate surface area is 163 Å². The van der Waals surface area contributed by atoms with Gasteiger partial charge in [0.1, 0.15) is 29.8 Å². The third-order valence-corrected chi connectivity index (χ3v) is 4.41. The predicted molar refractivity (Wildman–Crippen MR) is 102 cm³/mol. The van der Waals surface area contributed by atoms with Gasteiger partial charge in [0, 0.05) is 23.4 Å². The maximum absolute atomic E-state index is 12.9. The molecule has 0 saturated carbocycles. The molecule has 0 amide bonds. The first-order chi connectivity index (χ1) is 13.6. The fourth-order valence-electron chi connectivity index (χ4n) is 2.92. The molecule has 0 atom stereocenters. The Kier molecular flexibility index (Phi) is 4.87. The molecule has 0 saturated heterocycles. The molecular formula is C19H14ClF2N5O. The Bertz CT molecular complexity index is 1130. The monoisotopic (exact) mass is 401 g/mol. The molecule has 6 nitrogen and oxygen atoms in total. The van der Waals surface area contributed by atoms with Crippen LogP contribution in [-0.2, 0) is 6.54 Å². The van der Waals surface area contributed by atoms with E-state index in [-0.39, 0.29) is 5.15 Å². The number of halogens is 3. The summed E-state index contributed by atoms with van der Waals surface area (Å²) in [4.78, 5) is 12.9. The first-order valence-corrected chi connectivity index (χ1v) is 8.71. The van der Waals surface area contributed by atoms with E-state index < -0.39 is 13.0 Å². The zero-order valence-electron chi connectivity index (χ0n) is 14.7. The van der Waals surface area contributed by atoms with Crippen molar-refractivity contribution in [3.05, 3.63) is 54.1 Å². The van der Waals surface area contributed by atoms with E-state index in [1.807, 2.05) is 30.3 Å². The lowest BCUT2D eigenvalue weighted by atomic mass is 10.0. The van der Waals surface area contributed by atoms with Gasteiger partial charge in [0.25, 0.3) is 6.43 Å². The lowest BCUT2D eigenvalue weighted by molar-refractivity contribution is 0.122. The highest BCUT2D eigenvalue weighted by Gasteiger charge is 2.20. The summed E-state index contributed by atoms with van der Waals surface area (Å²) in [5.41, 5.74) is 3.27. The van der Waals surface area contributed by atoms with Gasteiger partial charge < -0.3 is 4.74 Å². The van der Waals surface area contributed by atoms with Crippen LogP contribution in [0.25, 0.3) is 33.5 Å². The zero-order valence-corrected chi connectivity index (χ0v) is 15.4. The number of hydrogen-bond acceptors (Lipinski definition) is 5. The molecular weight excluding hydrogens is 388 g/mol. The van der Waals surface area contributed by atoms with E-state index in [0.29, 0.717) is 33.7 Å². The molecule has 28 heavy (non-hydrogen) atoms. The van der Waals surface area contributed by atoms with Crippen LogP contribution in [0, 0.1) is 0 Å². The number of fused-ring (bicyclic) bond motifs is 1. The number of pyridine rings is 1. The molecule has 1 aromatic carbocycles. The second-order valence-corrected chi connectivity index (χ2v) is 6.30. The van der Waals surface area contributed by atoms with E-state index in [2.05, 4.69) is 20.1 Å². The molecule has 0 fully saturated rings. The second-order valence-electron chi connectivity index (χ2n) is 5.94. The summed E-state index contributed by atoms with van der Waals surface area (Å²) < 4.78 is 32.2. The summed E-state index contributed by atoms with van der Waals surface area (Å²) in [6, 6.07) is 10.9. The number of rotatable bonds is 5. The summed E-state index contributed by atoms with van der Waals surface area (Å²) in [6.45, 7) is -0.523. The van der Waals surface area contributed by atoms with Crippen molar-refractivity contribution < 1.29 is 13.5 Å². The van der Waals surface area contributed by atoms with Crippen LogP contribution in [0.3, 0.4) is 0 Å². The van der Waals surface area contributed by atoms with Gasteiger partial charge in [0.15, 0.2) is 10.9 Å². The maximum atomic E-state index is 12.9. The van der Waals surface area contributed by atoms with Gasteiger partial charge in [0.05, 0.1) is 12.6 Å². The Morgan fingerprint density at radius 2 is 1.93 bits per heavy atom. The van der Waals surface area contributed by atoms with Crippen molar-refractivity contribution in [2.75, 3.05) is 7.11 Å². The minimum Gasteiger partial charge on any atom is -0.493 e. The van der Waals surface area contributed by atoms with Crippen LogP contribution < -0.4 is 4.74 Å². The molecule has 4 rings (SSSR count). The third kappa shape index (κ3) is 3.38. The number of benzene rings is 1. The first-order valence-electron chi connectivity index (χ1n) is 8.33. The van der Waals surface area contributed by atoms with Gasteiger partial charge in [0.2, 0.25) is 0 Å². The average molecular weight is 402 g/mol. The van der Waals surface area contributed by atoms with E-state index in [4.69, 9.17) is 16.3 Å². The van der Waals surface area contributed by atoms with Crippen molar-refractivity contribution in [1.82, 2.24) is 24.7 Å².